The maximum absolute atomic E-state index is 12.4. The summed E-state index contributed by atoms with van der Waals surface area (Å²) in [5, 5.41) is 1.65. The summed E-state index contributed by atoms with van der Waals surface area (Å²) >= 11 is 3.31. The molecule has 4 N–H and O–H groups in total. The first kappa shape index (κ1) is 27.7. The van der Waals surface area contributed by atoms with Crippen LogP contribution < -0.4 is 22.6 Å². The minimum absolute atomic E-state index is 0.0983. The van der Waals surface area contributed by atoms with Crippen LogP contribution in [0.3, 0.4) is 0 Å². The maximum atomic E-state index is 12.4. The van der Waals surface area contributed by atoms with E-state index in [-0.39, 0.29) is 23.0 Å². The number of nitrogen functional groups attached to an aromatic ring is 2. The first-order valence-electron chi connectivity index (χ1n) is 12.8. The average molecular weight is 612 g/mol. The van der Waals surface area contributed by atoms with Crippen LogP contribution in [0.2, 0.25) is 0 Å². The van der Waals surface area contributed by atoms with Crippen LogP contribution in [0.15, 0.2) is 92.9 Å². The molecular weight excluding hydrogens is 584 g/mol. The zero-order valence-corrected chi connectivity index (χ0v) is 24.0. The second-order valence-corrected chi connectivity index (χ2v) is 10.3. The Morgan fingerprint density at radius 2 is 1.15 bits per heavy atom. The van der Waals surface area contributed by atoms with Crippen molar-refractivity contribution in [2.75, 3.05) is 11.5 Å². The fourth-order valence-corrected chi connectivity index (χ4v) is 4.99. The maximum Gasteiger partial charge on any atom is 0.266 e. The van der Waals surface area contributed by atoms with E-state index in [4.69, 9.17) is 11.5 Å². The molecule has 41 heavy (non-hydrogen) atoms. The molecule has 6 aromatic rings. The Hall–Kier alpha value is -4.90. The number of pyridine rings is 2. The zero-order valence-electron chi connectivity index (χ0n) is 22.5. The predicted molar refractivity (Wildman–Crippen MR) is 165 cm³/mol. The van der Waals surface area contributed by atoms with Gasteiger partial charge in [-0.15, -0.1) is 0 Å². The third-order valence-corrected chi connectivity index (χ3v) is 7.09. The first-order chi connectivity index (χ1) is 19.7. The van der Waals surface area contributed by atoms with Crippen molar-refractivity contribution in [1.29, 1.82) is 0 Å². The van der Waals surface area contributed by atoms with Crippen molar-refractivity contribution in [3.63, 3.8) is 0 Å². The van der Waals surface area contributed by atoms with Gasteiger partial charge < -0.3 is 11.5 Å². The van der Waals surface area contributed by atoms with Gasteiger partial charge in [0.05, 0.1) is 29.0 Å². The number of halogens is 1. The highest BCUT2D eigenvalue weighted by atomic mass is 79.9. The van der Waals surface area contributed by atoms with Gasteiger partial charge in [0, 0.05) is 16.8 Å². The predicted octanol–water partition coefficient (Wildman–Crippen LogP) is 4.22. The van der Waals surface area contributed by atoms with Crippen molar-refractivity contribution in [2.24, 2.45) is 0 Å². The van der Waals surface area contributed by atoms with Crippen LogP contribution in [0, 0.1) is 13.8 Å². The van der Waals surface area contributed by atoms with Crippen LogP contribution in [-0.4, -0.2) is 29.1 Å². The molecule has 11 heteroatoms. The average Bonchev–Trinajstić information content (AvgIpc) is 2.95. The molecule has 0 radical (unpaired) electrons. The van der Waals surface area contributed by atoms with Gasteiger partial charge in [-0.1, -0.05) is 60.7 Å². The van der Waals surface area contributed by atoms with Gasteiger partial charge in [0.1, 0.15) is 11.3 Å². The largest absolute Gasteiger partial charge is 0.368 e. The van der Waals surface area contributed by atoms with E-state index in [0.717, 1.165) is 33.3 Å². The van der Waals surface area contributed by atoms with Crippen molar-refractivity contribution in [3.05, 3.63) is 127 Å². The Kier molecular flexibility index (Phi) is 7.88. The van der Waals surface area contributed by atoms with Gasteiger partial charge in [-0.2, -0.15) is 9.97 Å². The molecule has 4 heterocycles. The van der Waals surface area contributed by atoms with Gasteiger partial charge in [-0.05, 0) is 53.0 Å². The summed E-state index contributed by atoms with van der Waals surface area (Å²) in [6, 6.07) is 24.6. The number of hydrogen-bond acceptors (Lipinski definition) is 8. The minimum atomic E-state index is -0.135. The third kappa shape index (κ3) is 5.99. The van der Waals surface area contributed by atoms with Crippen molar-refractivity contribution in [3.8, 4) is 0 Å². The highest BCUT2D eigenvalue weighted by Crippen LogP contribution is 2.20. The lowest BCUT2D eigenvalue weighted by molar-refractivity contribution is 0.777. The summed E-state index contributed by atoms with van der Waals surface area (Å²) in [7, 11) is 0. The summed E-state index contributed by atoms with van der Waals surface area (Å²) in [5.41, 5.74) is 15.9. The molecule has 2 aromatic carbocycles. The van der Waals surface area contributed by atoms with Crippen molar-refractivity contribution in [1.82, 2.24) is 29.1 Å². The molecule has 0 spiro atoms. The molecule has 206 valence electrons. The first-order valence-corrected chi connectivity index (χ1v) is 13.5. The van der Waals surface area contributed by atoms with Gasteiger partial charge in [0.2, 0.25) is 11.9 Å². The van der Waals surface area contributed by atoms with E-state index in [0.29, 0.717) is 28.9 Å². The Morgan fingerprint density at radius 3 is 1.71 bits per heavy atom. The Bertz CT molecular complexity index is 1990. The molecule has 6 rings (SSSR count). The Morgan fingerprint density at radius 1 is 0.659 bits per heavy atom. The summed E-state index contributed by atoms with van der Waals surface area (Å²) in [5.74, 6) is 0.353. The van der Waals surface area contributed by atoms with Gasteiger partial charge in [-0.3, -0.25) is 18.7 Å². The van der Waals surface area contributed by atoms with Gasteiger partial charge in [0.15, 0.2) is 0 Å². The molecule has 4 aromatic heterocycles. The summed E-state index contributed by atoms with van der Waals surface area (Å²) < 4.78 is 3.72. The minimum Gasteiger partial charge on any atom is -0.368 e. The van der Waals surface area contributed by atoms with Gasteiger partial charge in [-0.25, -0.2) is 9.97 Å². The second-order valence-electron chi connectivity index (χ2n) is 9.42. The van der Waals surface area contributed by atoms with Crippen molar-refractivity contribution >= 4 is 49.9 Å². The molecule has 0 unspecified atom stereocenters. The van der Waals surface area contributed by atoms with Crippen LogP contribution in [0.25, 0.3) is 22.1 Å². The molecule has 0 fully saturated rings. The number of aromatic nitrogens is 6. The lowest BCUT2D eigenvalue weighted by Crippen LogP contribution is -2.23. The number of nitrogens with zero attached hydrogens (tertiary/aromatic N) is 6. The number of benzene rings is 2. The number of fused-ring (bicyclic) bond motifs is 2. The zero-order chi connectivity index (χ0) is 29.1. The number of hydrogen-bond donors (Lipinski definition) is 2. The molecule has 0 bridgehead atoms. The van der Waals surface area contributed by atoms with Crippen LogP contribution in [0.5, 0.6) is 0 Å². The van der Waals surface area contributed by atoms with Gasteiger partial charge in [0.25, 0.3) is 11.1 Å². The second kappa shape index (κ2) is 11.7. The smallest absolute Gasteiger partial charge is 0.266 e. The van der Waals surface area contributed by atoms with Crippen LogP contribution in [-0.2, 0) is 13.1 Å². The number of nitrogens with two attached hydrogens (primary N) is 2. The number of aryl methyl sites for hydroxylation is 2. The van der Waals surface area contributed by atoms with E-state index < -0.39 is 0 Å². The normalized spacial score (nSPS) is 10.9. The fraction of sp³-hybridized carbons (Fsp3) is 0.133. The molecule has 0 atom stereocenters. The van der Waals surface area contributed by atoms with E-state index in [2.05, 4.69) is 35.9 Å². The molecule has 0 aliphatic rings. The third-order valence-electron chi connectivity index (χ3n) is 6.52. The summed E-state index contributed by atoms with van der Waals surface area (Å²) in [6.07, 6.45) is 0. The van der Waals surface area contributed by atoms with E-state index in [1.165, 1.54) is 6.07 Å². The van der Waals surface area contributed by atoms with E-state index >= 15 is 0 Å². The van der Waals surface area contributed by atoms with E-state index in [9.17, 15) is 9.59 Å². The van der Waals surface area contributed by atoms with Gasteiger partial charge >= 0.3 is 0 Å². The molecule has 0 saturated carbocycles. The molecular formula is C30H27BrN8O2. The lowest BCUT2D eigenvalue weighted by Gasteiger charge is -2.12. The van der Waals surface area contributed by atoms with E-state index in [1.807, 2.05) is 74.5 Å². The molecule has 0 aliphatic heterocycles. The topological polar surface area (TPSA) is 148 Å². The number of rotatable bonds is 4. The van der Waals surface area contributed by atoms with Crippen LogP contribution in [0.4, 0.5) is 11.9 Å². The van der Waals surface area contributed by atoms with Crippen LogP contribution >= 0.6 is 15.9 Å². The van der Waals surface area contributed by atoms with E-state index in [1.54, 1.807) is 21.3 Å². The lowest BCUT2D eigenvalue weighted by atomic mass is 10.2. The summed E-state index contributed by atoms with van der Waals surface area (Å²) in [4.78, 5) is 41.3. The molecule has 10 nitrogen and oxygen atoms in total. The summed E-state index contributed by atoms with van der Waals surface area (Å²) in [6.45, 7) is 4.61. The fourth-order valence-electron chi connectivity index (χ4n) is 4.54. The SMILES string of the molecule is Cc1nc(N)nc2c1cc(Br)c(=O)n2Cc1ccccc1.Cc1nc(N)nc2c1ccc(=O)n2Cc1ccccc1. The van der Waals surface area contributed by atoms with Crippen molar-refractivity contribution in [2.45, 2.75) is 26.9 Å². The van der Waals surface area contributed by atoms with Crippen LogP contribution in [0.1, 0.15) is 22.5 Å². The quantitative estimate of drug-likeness (QED) is 0.301. The Balaban J connectivity index is 0.000000165. The number of anilines is 2. The highest BCUT2D eigenvalue weighted by Gasteiger charge is 2.13. The molecule has 0 amide bonds. The van der Waals surface area contributed by atoms with Crippen molar-refractivity contribution < 1.29 is 0 Å². The molecule has 0 aliphatic carbocycles. The monoisotopic (exact) mass is 610 g/mol. The highest BCUT2D eigenvalue weighted by molar-refractivity contribution is 9.10. The Labute approximate surface area is 243 Å². The molecule has 0 saturated heterocycles. The standard InChI is InChI=1S/C15H13BrN4O.C15H14N4O/c1-9-11-7-12(16)14(21)20(13(11)19-15(17)18-9)8-10-5-3-2-4-6-10;1-10-12-7-8-13(20)19(14(12)18-15(16)17-10)9-11-5-3-2-4-6-11/h2-7H,8H2,1H3,(H2,17,18,19);2-8H,9H2,1H3,(H2,16,17,18).